The molecule has 0 aliphatic rings. The summed E-state index contributed by atoms with van der Waals surface area (Å²) in [5, 5.41) is 10.9. The maximum absolute atomic E-state index is 10.9. The molecule has 4 nitrogen and oxygen atoms in total. The van der Waals surface area contributed by atoms with Crippen LogP contribution in [0.5, 0.6) is 11.5 Å². The molecule has 0 saturated carbocycles. The lowest BCUT2D eigenvalue weighted by molar-refractivity contribution is 0.170. The van der Waals surface area contributed by atoms with Crippen molar-refractivity contribution in [1.82, 2.24) is 9.80 Å². The van der Waals surface area contributed by atoms with Gasteiger partial charge in [0.1, 0.15) is 11.5 Å². The van der Waals surface area contributed by atoms with Gasteiger partial charge >= 0.3 is 0 Å². The molecule has 3 aromatic carbocycles. The normalized spacial score (nSPS) is 12.6. The average molecular weight is 503 g/mol. The van der Waals surface area contributed by atoms with E-state index in [1.165, 1.54) is 16.7 Å². The molecule has 0 bridgehead atoms. The third-order valence-electron chi connectivity index (χ3n) is 7.10. The van der Waals surface area contributed by atoms with Gasteiger partial charge in [-0.15, -0.1) is 0 Å². The van der Waals surface area contributed by atoms with E-state index in [1.807, 2.05) is 12.1 Å². The standard InChI is InChI=1S/C33H46N2O2/c1-25(2)35(26(3)4)22-19-31(29-10-8-7-9-11-29)32-24-28(14-17-33(32)36)20-23-37-30-15-12-27(13-16-30)18-21-34(5)6/h7-17,24-26,31,36H,18-23H2,1-6H3. The molecule has 0 amide bonds. The summed E-state index contributed by atoms with van der Waals surface area (Å²) < 4.78 is 6.06. The van der Waals surface area contributed by atoms with Crippen LogP contribution in [0.2, 0.25) is 0 Å². The molecule has 0 aromatic heterocycles. The predicted octanol–water partition coefficient (Wildman–Crippen LogP) is 6.76. The third kappa shape index (κ3) is 8.91. The van der Waals surface area contributed by atoms with E-state index in [9.17, 15) is 5.11 Å². The SMILES string of the molecule is CC(C)N(CCC(c1ccccc1)c1cc(CCOc2ccc(CCN(C)C)cc2)ccc1O)C(C)C. The molecule has 1 atom stereocenters. The Morgan fingerprint density at radius 1 is 0.757 bits per heavy atom. The van der Waals surface area contributed by atoms with Gasteiger partial charge in [0, 0.05) is 36.5 Å². The molecule has 0 radical (unpaired) electrons. The van der Waals surface area contributed by atoms with Crippen molar-refractivity contribution >= 4 is 0 Å². The first-order chi connectivity index (χ1) is 17.7. The lowest BCUT2D eigenvalue weighted by Crippen LogP contribution is -2.38. The van der Waals surface area contributed by atoms with Crippen molar-refractivity contribution in [1.29, 1.82) is 0 Å². The molecule has 0 fully saturated rings. The van der Waals surface area contributed by atoms with Crippen molar-refractivity contribution < 1.29 is 9.84 Å². The van der Waals surface area contributed by atoms with Gasteiger partial charge < -0.3 is 14.7 Å². The zero-order valence-electron chi connectivity index (χ0n) is 23.7. The highest BCUT2D eigenvalue weighted by atomic mass is 16.5. The zero-order chi connectivity index (χ0) is 26.8. The second-order valence-corrected chi connectivity index (χ2v) is 10.9. The van der Waals surface area contributed by atoms with Crippen molar-refractivity contribution in [2.24, 2.45) is 0 Å². The van der Waals surface area contributed by atoms with Crippen molar-refractivity contribution in [3.63, 3.8) is 0 Å². The van der Waals surface area contributed by atoms with E-state index in [-0.39, 0.29) is 5.92 Å². The quantitative estimate of drug-likeness (QED) is 0.264. The molecule has 200 valence electrons. The second-order valence-electron chi connectivity index (χ2n) is 10.9. The second kappa shape index (κ2) is 14.2. The van der Waals surface area contributed by atoms with Gasteiger partial charge in [0.25, 0.3) is 0 Å². The molecule has 0 aliphatic carbocycles. The molecular formula is C33H46N2O2. The van der Waals surface area contributed by atoms with Crippen LogP contribution in [0.25, 0.3) is 0 Å². The highest BCUT2D eigenvalue weighted by Crippen LogP contribution is 2.35. The fourth-order valence-corrected chi connectivity index (χ4v) is 5.01. The Labute approximate surface area is 224 Å². The summed E-state index contributed by atoms with van der Waals surface area (Å²) in [6.45, 7) is 11.7. The number of rotatable bonds is 14. The smallest absolute Gasteiger partial charge is 0.119 e. The van der Waals surface area contributed by atoms with Gasteiger partial charge in [-0.3, -0.25) is 4.90 Å². The van der Waals surface area contributed by atoms with Gasteiger partial charge in [0.15, 0.2) is 0 Å². The number of aromatic hydroxyl groups is 1. The number of phenolic OH excluding ortho intramolecular Hbond substituents is 1. The first-order valence-corrected chi connectivity index (χ1v) is 13.7. The Hall–Kier alpha value is -2.82. The lowest BCUT2D eigenvalue weighted by atomic mass is 9.86. The van der Waals surface area contributed by atoms with Crippen molar-refractivity contribution in [2.45, 2.75) is 65.0 Å². The van der Waals surface area contributed by atoms with E-state index in [2.05, 4.69) is 112 Å². The molecule has 37 heavy (non-hydrogen) atoms. The van der Waals surface area contributed by atoms with E-state index < -0.39 is 0 Å². The summed E-state index contributed by atoms with van der Waals surface area (Å²) in [6, 6.07) is 26.0. The van der Waals surface area contributed by atoms with Crippen LogP contribution in [0.15, 0.2) is 72.8 Å². The van der Waals surface area contributed by atoms with Crippen LogP contribution >= 0.6 is 0 Å². The van der Waals surface area contributed by atoms with Crippen LogP contribution in [-0.4, -0.2) is 60.8 Å². The van der Waals surface area contributed by atoms with Gasteiger partial charge in [0.2, 0.25) is 0 Å². The van der Waals surface area contributed by atoms with E-state index in [0.29, 0.717) is 24.4 Å². The maximum Gasteiger partial charge on any atom is 0.119 e. The molecule has 0 heterocycles. The Morgan fingerprint density at radius 2 is 1.41 bits per heavy atom. The topological polar surface area (TPSA) is 35.9 Å². The highest BCUT2D eigenvalue weighted by Gasteiger charge is 2.21. The number of benzene rings is 3. The lowest BCUT2D eigenvalue weighted by Gasteiger charge is -2.32. The Bertz CT molecular complexity index is 1050. The zero-order valence-corrected chi connectivity index (χ0v) is 23.7. The average Bonchev–Trinajstić information content (AvgIpc) is 2.87. The molecular weight excluding hydrogens is 456 g/mol. The number of phenols is 1. The molecule has 0 aliphatic heterocycles. The summed E-state index contributed by atoms with van der Waals surface area (Å²) in [5.41, 5.74) is 4.75. The van der Waals surface area contributed by atoms with Crippen LogP contribution in [0, 0.1) is 0 Å². The van der Waals surface area contributed by atoms with Gasteiger partial charge in [-0.25, -0.2) is 0 Å². The molecule has 4 heteroatoms. The first-order valence-electron chi connectivity index (χ1n) is 13.7. The highest BCUT2D eigenvalue weighted by molar-refractivity contribution is 5.44. The number of nitrogens with zero attached hydrogens (tertiary/aromatic N) is 2. The van der Waals surface area contributed by atoms with Gasteiger partial charge in [-0.1, -0.05) is 54.6 Å². The summed E-state index contributed by atoms with van der Waals surface area (Å²) in [5.74, 6) is 1.40. The van der Waals surface area contributed by atoms with Gasteiger partial charge in [0.05, 0.1) is 6.61 Å². The van der Waals surface area contributed by atoms with Crippen LogP contribution < -0.4 is 4.74 Å². The predicted molar refractivity (Wildman–Crippen MR) is 156 cm³/mol. The fourth-order valence-electron chi connectivity index (χ4n) is 5.01. The summed E-state index contributed by atoms with van der Waals surface area (Å²) >= 11 is 0. The van der Waals surface area contributed by atoms with Crippen LogP contribution in [0.3, 0.4) is 0 Å². The van der Waals surface area contributed by atoms with Crippen LogP contribution in [-0.2, 0) is 12.8 Å². The van der Waals surface area contributed by atoms with E-state index >= 15 is 0 Å². The minimum Gasteiger partial charge on any atom is -0.508 e. The Morgan fingerprint density at radius 3 is 2.03 bits per heavy atom. The van der Waals surface area contributed by atoms with Gasteiger partial charge in [-0.05, 0) is 96.1 Å². The van der Waals surface area contributed by atoms with E-state index in [1.54, 1.807) is 0 Å². The van der Waals surface area contributed by atoms with Crippen LogP contribution in [0.1, 0.15) is 62.3 Å². The summed E-state index contributed by atoms with van der Waals surface area (Å²) in [7, 11) is 4.19. The maximum atomic E-state index is 10.9. The molecule has 0 spiro atoms. The number of ether oxygens (including phenoxy) is 1. The van der Waals surface area contributed by atoms with E-state index in [4.69, 9.17) is 4.74 Å². The van der Waals surface area contributed by atoms with Gasteiger partial charge in [-0.2, -0.15) is 0 Å². The summed E-state index contributed by atoms with van der Waals surface area (Å²) in [4.78, 5) is 4.72. The molecule has 3 aromatic rings. The monoisotopic (exact) mass is 502 g/mol. The molecule has 3 rings (SSSR count). The number of likely N-dealkylation sites (N-methyl/N-ethyl adjacent to an activating group) is 1. The molecule has 1 N–H and O–H groups in total. The Kier molecular flexibility index (Phi) is 11.0. The number of hydrogen-bond acceptors (Lipinski definition) is 4. The minimum atomic E-state index is 0.136. The first kappa shape index (κ1) is 28.7. The van der Waals surface area contributed by atoms with Crippen molar-refractivity contribution in [3.8, 4) is 11.5 Å². The van der Waals surface area contributed by atoms with Crippen molar-refractivity contribution in [3.05, 3.63) is 95.1 Å². The molecule has 0 saturated heterocycles. The number of hydrogen-bond donors (Lipinski definition) is 1. The largest absolute Gasteiger partial charge is 0.508 e. The van der Waals surface area contributed by atoms with E-state index in [0.717, 1.165) is 43.7 Å². The van der Waals surface area contributed by atoms with Crippen LogP contribution in [0.4, 0.5) is 0 Å². The third-order valence-corrected chi connectivity index (χ3v) is 7.10. The summed E-state index contributed by atoms with van der Waals surface area (Å²) in [6.07, 6.45) is 2.79. The molecule has 1 unspecified atom stereocenters. The minimum absolute atomic E-state index is 0.136. The van der Waals surface area contributed by atoms with Crippen molar-refractivity contribution in [2.75, 3.05) is 33.8 Å². The fraction of sp³-hybridized carbons (Fsp3) is 0.455. The Balaban J connectivity index is 1.69.